The molecule has 1 amide bonds. The molecule has 0 aliphatic carbocycles. The van der Waals surface area contributed by atoms with Gasteiger partial charge in [0.15, 0.2) is 8.87 Å². The summed E-state index contributed by atoms with van der Waals surface area (Å²) in [6.45, 7) is 4.68. The standard InChI is InChI=1S/C14H22N2O3S2/c1-11-6-5-7-12(2)14(11)15-13(17)10-16(3)8-9-20-21(4,18)19/h5-7H,8-10H2,1-4H3,(H,15,17). The fourth-order valence-electron chi connectivity index (χ4n) is 1.86. The van der Waals surface area contributed by atoms with Crippen molar-refractivity contribution in [3.63, 3.8) is 0 Å². The highest BCUT2D eigenvalue weighted by molar-refractivity contribution is 8.71. The number of aryl methyl sites for hydroxylation is 2. The van der Waals surface area contributed by atoms with Crippen LogP contribution in [0.1, 0.15) is 11.1 Å². The summed E-state index contributed by atoms with van der Waals surface area (Å²) in [7, 11) is -0.323. The second-order valence-corrected chi connectivity index (χ2v) is 9.65. The molecule has 0 fully saturated rings. The maximum absolute atomic E-state index is 12.0. The van der Waals surface area contributed by atoms with E-state index in [1.54, 1.807) is 11.9 Å². The fourth-order valence-corrected chi connectivity index (χ4v) is 3.68. The summed E-state index contributed by atoms with van der Waals surface area (Å²) < 4.78 is 22.0. The highest BCUT2D eigenvalue weighted by Crippen LogP contribution is 2.19. The number of anilines is 1. The van der Waals surface area contributed by atoms with Gasteiger partial charge in [-0.3, -0.25) is 9.69 Å². The molecule has 0 atom stereocenters. The van der Waals surface area contributed by atoms with Crippen LogP contribution in [0.2, 0.25) is 0 Å². The molecule has 0 saturated carbocycles. The summed E-state index contributed by atoms with van der Waals surface area (Å²) >= 11 is 0. The van der Waals surface area contributed by atoms with Gasteiger partial charge >= 0.3 is 0 Å². The Balaban J connectivity index is 2.46. The normalized spacial score (nSPS) is 11.7. The zero-order chi connectivity index (χ0) is 16.0. The molecule has 0 aliphatic rings. The third-order valence-electron chi connectivity index (χ3n) is 2.93. The molecule has 0 heterocycles. The Hall–Kier alpha value is -1.05. The highest BCUT2D eigenvalue weighted by Gasteiger charge is 2.11. The molecule has 118 valence electrons. The number of nitrogens with one attached hydrogen (secondary N) is 1. The van der Waals surface area contributed by atoms with Crippen molar-refractivity contribution in [3.8, 4) is 0 Å². The van der Waals surface area contributed by atoms with E-state index in [-0.39, 0.29) is 12.5 Å². The third-order valence-corrected chi connectivity index (χ3v) is 5.49. The van der Waals surface area contributed by atoms with Crippen LogP contribution in [0.3, 0.4) is 0 Å². The molecule has 0 saturated heterocycles. The van der Waals surface area contributed by atoms with Crippen molar-refractivity contribution < 1.29 is 13.2 Å². The first-order valence-electron chi connectivity index (χ1n) is 6.58. The number of hydrogen-bond acceptors (Lipinski definition) is 5. The van der Waals surface area contributed by atoms with Crippen LogP contribution in [0, 0.1) is 13.8 Å². The number of carbonyl (C=O) groups excluding carboxylic acids is 1. The number of benzene rings is 1. The highest BCUT2D eigenvalue weighted by atomic mass is 33.1. The molecule has 0 spiro atoms. The van der Waals surface area contributed by atoms with Crippen LogP contribution in [0.4, 0.5) is 5.69 Å². The molecule has 0 bridgehead atoms. The fraction of sp³-hybridized carbons (Fsp3) is 0.500. The maximum Gasteiger partial charge on any atom is 0.238 e. The van der Waals surface area contributed by atoms with Crippen molar-refractivity contribution in [3.05, 3.63) is 29.3 Å². The quantitative estimate of drug-likeness (QED) is 0.773. The number of hydrogen-bond donors (Lipinski definition) is 1. The minimum atomic E-state index is -3.02. The Morgan fingerprint density at radius 3 is 2.38 bits per heavy atom. The number of amides is 1. The molecule has 1 aromatic rings. The van der Waals surface area contributed by atoms with E-state index in [4.69, 9.17) is 0 Å². The predicted octanol–water partition coefficient (Wildman–Crippen LogP) is 1.87. The lowest BCUT2D eigenvalue weighted by molar-refractivity contribution is -0.117. The van der Waals surface area contributed by atoms with Gasteiger partial charge in [0.1, 0.15) is 0 Å². The van der Waals surface area contributed by atoms with Gasteiger partial charge < -0.3 is 5.32 Å². The first-order valence-corrected chi connectivity index (χ1v) is 9.97. The van der Waals surface area contributed by atoms with Crippen LogP contribution in [0.15, 0.2) is 18.2 Å². The summed E-state index contributed by atoms with van der Waals surface area (Å²) in [5, 5.41) is 2.91. The third kappa shape index (κ3) is 6.97. The van der Waals surface area contributed by atoms with Gasteiger partial charge in [0, 0.05) is 24.2 Å². The first-order chi connectivity index (χ1) is 9.69. The zero-order valence-electron chi connectivity index (χ0n) is 12.8. The lowest BCUT2D eigenvalue weighted by Gasteiger charge is -2.17. The molecule has 7 heteroatoms. The average molecular weight is 330 g/mol. The topological polar surface area (TPSA) is 66.5 Å². The number of rotatable bonds is 7. The Bertz CT molecular complexity index is 580. The Morgan fingerprint density at radius 1 is 1.29 bits per heavy atom. The second kappa shape index (κ2) is 7.82. The molecule has 21 heavy (non-hydrogen) atoms. The van der Waals surface area contributed by atoms with E-state index in [1.807, 2.05) is 32.0 Å². The van der Waals surface area contributed by atoms with E-state index in [9.17, 15) is 13.2 Å². The van der Waals surface area contributed by atoms with E-state index in [0.717, 1.165) is 27.6 Å². The number of likely N-dealkylation sites (N-methyl/N-ethyl adjacent to an activating group) is 1. The van der Waals surface area contributed by atoms with Gasteiger partial charge in [-0.1, -0.05) is 18.2 Å². The number of carbonyl (C=O) groups is 1. The summed E-state index contributed by atoms with van der Waals surface area (Å²) in [6, 6.07) is 5.86. The van der Waals surface area contributed by atoms with E-state index in [2.05, 4.69) is 5.32 Å². The van der Waals surface area contributed by atoms with Gasteiger partial charge in [0.05, 0.1) is 6.54 Å². The molecule has 1 rings (SSSR count). The lowest BCUT2D eigenvalue weighted by Crippen LogP contribution is -2.32. The van der Waals surface area contributed by atoms with Gasteiger partial charge in [-0.2, -0.15) is 0 Å². The van der Waals surface area contributed by atoms with Gasteiger partial charge in [-0.05, 0) is 42.8 Å². The molecule has 0 radical (unpaired) electrons. The van der Waals surface area contributed by atoms with Gasteiger partial charge in [0.25, 0.3) is 0 Å². The lowest BCUT2D eigenvalue weighted by atomic mass is 10.1. The second-order valence-electron chi connectivity index (χ2n) is 5.08. The average Bonchev–Trinajstić information content (AvgIpc) is 2.32. The molecular weight excluding hydrogens is 308 g/mol. The Kier molecular flexibility index (Phi) is 6.70. The van der Waals surface area contributed by atoms with Crippen molar-refractivity contribution in [1.82, 2.24) is 4.90 Å². The van der Waals surface area contributed by atoms with Crippen molar-refractivity contribution in [2.24, 2.45) is 0 Å². The molecule has 1 aromatic carbocycles. The van der Waals surface area contributed by atoms with Crippen molar-refractivity contribution in [1.29, 1.82) is 0 Å². The SMILES string of the molecule is Cc1cccc(C)c1NC(=O)CN(C)CCSS(C)(=O)=O. The van der Waals surface area contributed by atoms with Crippen LogP contribution < -0.4 is 5.32 Å². The molecular formula is C14H22N2O3S2. The maximum atomic E-state index is 12.0. The number of nitrogens with zero attached hydrogens (tertiary/aromatic N) is 1. The van der Waals surface area contributed by atoms with Gasteiger partial charge in [-0.15, -0.1) is 0 Å². The molecule has 5 nitrogen and oxygen atoms in total. The molecule has 0 aliphatic heterocycles. The summed E-state index contributed by atoms with van der Waals surface area (Å²) in [6.07, 6.45) is 1.19. The van der Waals surface area contributed by atoms with E-state index >= 15 is 0 Å². The van der Waals surface area contributed by atoms with Crippen molar-refractivity contribution in [2.75, 3.05) is 37.5 Å². The minimum absolute atomic E-state index is 0.0979. The first kappa shape index (κ1) is 18.0. The summed E-state index contributed by atoms with van der Waals surface area (Å²) in [5.74, 6) is 0.352. The summed E-state index contributed by atoms with van der Waals surface area (Å²) in [4.78, 5) is 13.8. The molecule has 0 aromatic heterocycles. The van der Waals surface area contributed by atoms with Crippen LogP contribution in [-0.2, 0) is 13.7 Å². The van der Waals surface area contributed by atoms with Crippen LogP contribution in [-0.4, -0.2) is 51.4 Å². The molecule has 0 unspecified atom stereocenters. The predicted molar refractivity (Wildman–Crippen MR) is 89.3 cm³/mol. The Morgan fingerprint density at radius 2 is 1.86 bits per heavy atom. The van der Waals surface area contributed by atoms with Gasteiger partial charge in [0.2, 0.25) is 5.91 Å². The number of para-hydroxylation sites is 1. The van der Waals surface area contributed by atoms with E-state index in [0.29, 0.717) is 12.3 Å². The van der Waals surface area contributed by atoms with Gasteiger partial charge in [-0.25, -0.2) is 8.42 Å². The van der Waals surface area contributed by atoms with E-state index < -0.39 is 8.87 Å². The monoisotopic (exact) mass is 330 g/mol. The van der Waals surface area contributed by atoms with Crippen LogP contribution >= 0.6 is 10.8 Å². The Labute approximate surface area is 130 Å². The van der Waals surface area contributed by atoms with Crippen molar-refractivity contribution >= 4 is 31.3 Å². The van der Waals surface area contributed by atoms with Crippen molar-refractivity contribution in [2.45, 2.75) is 13.8 Å². The minimum Gasteiger partial charge on any atom is -0.324 e. The summed E-state index contributed by atoms with van der Waals surface area (Å²) in [5.41, 5.74) is 2.90. The smallest absolute Gasteiger partial charge is 0.238 e. The zero-order valence-corrected chi connectivity index (χ0v) is 14.5. The van der Waals surface area contributed by atoms with Crippen LogP contribution in [0.25, 0.3) is 0 Å². The van der Waals surface area contributed by atoms with Crippen LogP contribution in [0.5, 0.6) is 0 Å². The largest absolute Gasteiger partial charge is 0.324 e. The van der Waals surface area contributed by atoms with E-state index in [1.165, 1.54) is 6.26 Å². The molecule has 1 N–H and O–H groups in total.